The number of likely N-dealkylation sites (N-methyl/N-ethyl adjacent to an activating group) is 1. The van der Waals surface area contributed by atoms with E-state index in [1.807, 2.05) is 25.1 Å². The predicted octanol–water partition coefficient (Wildman–Crippen LogP) is 2.77. The summed E-state index contributed by atoms with van der Waals surface area (Å²) in [5, 5.41) is 9.04. The van der Waals surface area contributed by atoms with Gasteiger partial charge in [-0.1, -0.05) is 24.3 Å². The standard InChI is InChI=1S/C21H25NO6/c1-4-22(17-7-5-6-8-18(17)26-2)20(23)14-28-16-11-9-15(10-12-16)13-19(27-3)21(24)25/h5-12,19H,4,13-14H2,1-3H3,(H,24,25)/t19-/m0/s1. The van der Waals surface area contributed by atoms with Crippen LogP contribution in [-0.2, 0) is 20.7 Å². The fourth-order valence-corrected chi connectivity index (χ4v) is 2.76. The Labute approximate surface area is 164 Å². The monoisotopic (exact) mass is 387 g/mol. The van der Waals surface area contributed by atoms with Gasteiger partial charge in [0.2, 0.25) is 0 Å². The van der Waals surface area contributed by atoms with E-state index in [9.17, 15) is 9.59 Å². The first-order valence-electron chi connectivity index (χ1n) is 8.90. The molecule has 2 rings (SSSR count). The zero-order chi connectivity index (χ0) is 20.5. The van der Waals surface area contributed by atoms with Gasteiger partial charge in [-0.25, -0.2) is 4.79 Å². The van der Waals surface area contributed by atoms with E-state index in [4.69, 9.17) is 19.3 Å². The summed E-state index contributed by atoms with van der Waals surface area (Å²) in [7, 11) is 2.93. The molecule has 0 heterocycles. The van der Waals surface area contributed by atoms with E-state index >= 15 is 0 Å². The smallest absolute Gasteiger partial charge is 0.333 e. The number of nitrogens with zero attached hydrogens (tertiary/aromatic N) is 1. The Kier molecular flexibility index (Phi) is 7.83. The van der Waals surface area contributed by atoms with Crippen LogP contribution in [-0.4, -0.2) is 50.5 Å². The Morgan fingerprint density at radius 2 is 1.75 bits per heavy atom. The lowest BCUT2D eigenvalue weighted by atomic mass is 10.1. The third kappa shape index (κ3) is 5.47. The van der Waals surface area contributed by atoms with Crippen LogP contribution in [0.5, 0.6) is 11.5 Å². The Balaban J connectivity index is 1.98. The molecule has 7 heteroatoms. The van der Waals surface area contributed by atoms with Crippen LogP contribution < -0.4 is 14.4 Å². The molecule has 0 aliphatic heterocycles. The highest BCUT2D eigenvalue weighted by atomic mass is 16.5. The molecule has 150 valence electrons. The summed E-state index contributed by atoms with van der Waals surface area (Å²) in [5.41, 5.74) is 1.49. The van der Waals surface area contributed by atoms with Crippen molar-refractivity contribution < 1.29 is 28.9 Å². The van der Waals surface area contributed by atoms with Crippen LogP contribution in [0.15, 0.2) is 48.5 Å². The molecule has 1 amide bonds. The van der Waals surface area contributed by atoms with Gasteiger partial charge in [-0.3, -0.25) is 4.79 Å². The van der Waals surface area contributed by atoms with Crippen molar-refractivity contribution in [3.05, 3.63) is 54.1 Å². The zero-order valence-electron chi connectivity index (χ0n) is 16.3. The second-order valence-electron chi connectivity index (χ2n) is 6.01. The Morgan fingerprint density at radius 3 is 2.32 bits per heavy atom. The third-order valence-corrected chi connectivity index (χ3v) is 4.26. The Hall–Kier alpha value is -3.06. The molecular formula is C21H25NO6. The first kappa shape index (κ1) is 21.2. The molecule has 2 aromatic rings. The maximum absolute atomic E-state index is 12.6. The highest BCUT2D eigenvalue weighted by molar-refractivity contribution is 5.95. The van der Waals surface area contributed by atoms with Gasteiger partial charge in [-0.15, -0.1) is 0 Å². The third-order valence-electron chi connectivity index (χ3n) is 4.26. The van der Waals surface area contributed by atoms with E-state index in [0.717, 1.165) is 5.56 Å². The minimum atomic E-state index is -1.01. The number of ether oxygens (including phenoxy) is 3. The average Bonchev–Trinajstić information content (AvgIpc) is 2.72. The number of hydrogen-bond acceptors (Lipinski definition) is 5. The highest BCUT2D eigenvalue weighted by Gasteiger charge is 2.19. The molecule has 0 radical (unpaired) electrons. The lowest BCUT2D eigenvalue weighted by Gasteiger charge is -2.23. The number of hydrogen-bond donors (Lipinski definition) is 1. The lowest BCUT2D eigenvalue weighted by Crippen LogP contribution is -2.35. The van der Waals surface area contributed by atoms with E-state index in [2.05, 4.69) is 0 Å². The van der Waals surface area contributed by atoms with Crippen molar-refractivity contribution in [3.63, 3.8) is 0 Å². The van der Waals surface area contributed by atoms with E-state index in [1.165, 1.54) is 7.11 Å². The quantitative estimate of drug-likeness (QED) is 0.675. The summed E-state index contributed by atoms with van der Waals surface area (Å²) in [6.07, 6.45) is -0.644. The van der Waals surface area contributed by atoms with E-state index < -0.39 is 12.1 Å². The van der Waals surface area contributed by atoms with Crippen molar-refractivity contribution in [2.24, 2.45) is 0 Å². The number of carbonyl (C=O) groups is 2. The van der Waals surface area contributed by atoms with Gasteiger partial charge in [0.1, 0.15) is 11.5 Å². The molecule has 0 unspecified atom stereocenters. The van der Waals surface area contributed by atoms with Crippen molar-refractivity contribution in [3.8, 4) is 11.5 Å². The van der Waals surface area contributed by atoms with E-state index in [-0.39, 0.29) is 18.9 Å². The van der Waals surface area contributed by atoms with Crippen molar-refractivity contribution in [2.45, 2.75) is 19.4 Å². The molecule has 0 fully saturated rings. The molecule has 1 N–H and O–H groups in total. The second kappa shape index (κ2) is 10.3. The fourth-order valence-electron chi connectivity index (χ4n) is 2.76. The molecular weight excluding hydrogens is 362 g/mol. The van der Waals surface area contributed by atoms with Crippen molar-refractivity contribution >= 4 is 17.6 Å². The number of carbonyl (C=O) groups excluding carboxylic acids is 1. The first-order chi connectivity index (χ1) is 13.5. The van der Waals surface area contributed by atoms with Gasteiger partial charge >= 0.3 is 5.97 Å². The number of benzene rings is 2. The van der Waals surface area contributed by atoms with Gasteiger partial charge < -0.3 is 24.2 Å². The molecule has 7 nitrogen and oxygen atoms in total. The molecule has 0 aliphatic carbocycles. The number of amides is 1. The summed E-state index contributed by atoms with van der Waals surface area (Å²) >= 11 is 0. The minimum absolute atomic E-state index is 0.124. The van der Waals surface area contributed by atoms with Crippen LogP contribution in [0, 0.1) is 0 Å². The lowest BCUT2D eigenvalue weighted by molar-refractivity contribution is -0.148. The summed E-state index contributed by atoms with van der Waals surface area (Å²) in [6.45, 7) is 2.24. The van der Waals surface area contributed by atoms with Crippen LogP contribution in [0.4, 0.5) is 5.69 Å². The van der Waals surface area contributed by atoms with Crippen molar-refractivity contribution in [1.29, 1.82) is 0 Å². The number of anilines is 1. The molecule has 0 aliphatic rings. The van der Waals surface area contributed by atoms with Gasteiger partial charge in [0, 0.05) is 20.1 Å². The van der Waals surface area contributed by atoms with Gasteiger partial charge in [0.25, 0.3) is 5.91 Å². The normalized spacial score (nSPS) is 11.5. The maximum atomic E-state index is 12.6. The van der Waals surface area contributed by atoms with Gasteiger partial charge in [0.15, 0.2) is 12.7 Å². The van der Waals surface area contributed by atoms with Crippen LogP contribution >= 0.6 is 0 Å². The van der Waals surface area contributed by atoms with Crippen molar-refractivity contribution in [2.75, 3.05) is 32.3 Å². The first-order valence-corrected chi connectivity index (χ1v) is 8.90. The second-order valence-corrected chi connectivity index (χ2v) is 6.01. The SMILES string of the molecule is CCN(C(=O)COc1ccc(C[C@H](OC)C(=O)O)cc1)c1ccccc1OC. The summed E-state index contributed by atoms with van der Waals surface area (Å²) in [5.74, 6) is -0.0588. The average molecular weight is 387 g/mol. The van der Waals surface area contributed by atoms with Gasteiger partial charge in [-0.2, -0.15) is 0 Å². The van der Waals surface area contributed by atoms with E-state index in [1.54, 1.807) is 42.3 Å². The number of methoxy groups -OCH3 is 2. The number of carboxylic acid groups (broad SMARTS) is 1. The molecule has 0 aromatic heterocycles. The number of carboxylic acids is 1. The summed E-state index contributed by atoms with van der Waals surface area (Å²) in [4.78, 5) is 25.2. The Bertz CT molecular complexity index is 790. The van der Waals surface area contributed by atoms with Crippen LogP contribution in [0.25, 0.3) is 0 Å². The largest absolute Gasteiger partial charge is 0.495 e. The van der Waals surface area contributed by atoms with Gasteiger partial charge in [0.05, 0.1) is 12.8 Å². The zero-order valence-corrected chi connectivity index (χ0v) is 16.3. The highest BCUT2D eigenvalue weighted by Crippen LogP contribution is 2.27. The van der Waals surface area contributed by atoms with Crippen molar-refractivity contribution in [1.82, 2.24) is 0 Å². The molecule has 2 aromatic carbocycles. The molecule has 0 spiro atoms. The molecule has 0 bridgehead atoms. The molecule has 28 heavy (non-hydrogen) atoms. The molecule has 0 saturated heterocycles. The van der Waals surface area contributed by atoms with E-state index in [0.29, 0.717) is 23.7 Å². The topological polar surface area (TPSA) is 85.3 Å². The maximum Gasteiger partial charge on any atom is 0.333 e. The van der Waals surface area contributed by atoms with Crippen LogP contribution in [0.3, 0.4) is 0 Å². The predicted molar refractivity (Wildman–Crippen MR) is 105 cm³/mol. The molecule has 0 saturated carbocycles. The fraction of sp³-hybridized carbons (Fsp3) is 0.333. The number of rotatable bonds is 10. The molecule has 1 atom stereocenters. The number of para-hydroxylation sites is 2. The van der Waals surface area contributed by atoms with Crippen LogP contribution in [0.1, 0.15) is 12.5 Å². The minimum Gasteiger partial charge on any atom is -0.495 e. The Morgan fingerprint density at radius 1 is 1.07 bits per heavy atom. The van der Waals surface area contributed by atoms with Crippen LogP contribution in [0.2, 0.25) is 0 Å². The van der Waals surface area contributed by atoms with Gasteiger partial charge in [-0.05, 0) is 36.8 Å². The summed E-state index contributed by atoms with van der Waals surface area (Å²) < 4.78 is 15.9. The summed E-state index contributed by atoms with van der Waals surface area (Å²) in [6, 6.07) is 14.2. The number of aliphatic carboxylic acids is 1.